The lowest BCUT2D eigenvalue weighted by molar-refractivity contribution is 0.107. The van der Waals surface area contributed by atoms with Crippen molar-refractivity contribution in [2.45, 2.75) is 0 Å². The first-order valence-electron chi connectivity index (χ1n) is 3.01. The third kappa shape index (κ3) is 1.52. The molecule has 60 valence electrons. The molecule has 1 rings (SSSR count). The first kappa shape index (κ1) is 8.50. The van der Waals surface area contributed by atoms with Gasteiger partial charge in [0.1, 0.15) is 11.8 Å². The van der Waals surface area contributed by atoms with Gasteiger partial charge in [-0.3, -0.25) is 4.79 Å². The van der Waals surface area contributed by atoms with Crippen LogP contribution in [-0.2, 0) is 0 Å². The predicted octanol–water partition coefficient (Wildman–Crippen LogP) is 0.914. The molecule has 0 aromatic carbocycles. The Hall–Kier alpha value is -1.60. The highest BCUT2D eigenvalue weighted by Gasteiger charge is 2.06. The van der Waals surface area contributed by atoms with Gasteiger partial charge in [0.05, 0.1) is 5.69 Å². The Labute approximate surface area is 73.6 Å². The van der Waals surface area contributed by atoms with Crippen molar-refractivity contribution in [3.05, 3.63) is 23.5 Å². The zero-order chi connectivity index (χ0) is 9.14. The number of nitrogens with zero attached hydrogens (tertiary/aromatic N) is 2. The molecule has 0 bridgehead atoms. The van der Waals surface area contributed by atoms with Crippen molar-refractivity contribution in [2.24, 2.45) is 0 Å². The van der Waals surface area contributed by atoms with Crippen LogP contribution in [0.3, 0.4) is 0 Å². The van der Waals surface area contributed by atoms with Crippen LogP contribution in [-0.4, -0.2) is 10.2 Å². The fraction of sp³-hybridized carbons (Fsp3) is 0. The Morgan fingerprint density at radius 1 is 1.67 bits per heavy atom. The molecule has 0 spiro atoms. The van der Waals surface area contributed by atoms with Crippen LogP contribution in [0.2, 0.25) is 0 Å². The molecule has 0 aliphatic carbocycles. The number of carbonyl (C=O) groups is 1. The van der Waals surface area contributed by atoms with Gasteiger partial charge in [-0.15, -0.1) is 0 Å². The molecule has 5 heteroatoms. The van der Waals surface area contributed by atoms with E-state index in [4.69, 9.17) is 22.6 Å². The number of nitrogens with two attached hydrogens (primary N) is 1. The van der Waals surface area contributed by atoms with Crippen molar-refractivity contribution >= 4 is 22.5 Å². The van der Waals surface area contributed by atoms with E-state index in [1.807, 2.05) is 0 Å². The van der Waals surface area contributed by atoms with Crippen molar-refractivity contribution in [3.8, 4) is 6.07 Å². The molecule has 0 aliphatic rings. The molecule has 4 nitrogen and oxygen atoms in total. The maximum Gasteiger partial charge on any atom is 0.270 e. The van der Waals surface area contributed by atoms with Gasteiger partial charge in [-0.05, 0) is 23.7 Å². The number of anilines is 1. The lowest BCUT2D eigenvalue weighted by Gasteiger charge is -1.96. The van der Waals surface area contributed by atoms with E-state index in [2.05, 4.69) is 4.98 Å². The fourth-order valence-electron chi connectivity index (χ4n) is 0.669. The topological polar surface area (TPSA) is 79.8 Å². The average molecular weight is 182 g/mol. The summed E-state index contributed by atoms with van der Waals surface area (Å²) in [6.07, 6.45) is 0. The monoisotopic (exact) mass is 181 g/mol. The fourth-order valence-corrected chi connectivity index (χ4v) is 0.774. The van der Waals surface area contributed by atoms with E-state index in [0.717, 1.165) is 0 Å². The first-order valence-corrected chi connectivity index (χ1v) is 3.39. The maximum atomic E-state index is 10.6. The van der Waals surface area contributed by atoms with Crippen LogP contribution >= 0.6 is 11.6 Å². The molecule has 12 heavy (non-hydrogen) atoms. The van der Waals surface area contributed by atoms with Crippen LogP contribution in [0.25, 0.3) is 0 Å². The lowest BCUT2D eigenvalue weighted by Crippen LogP contribution is -1.99. The molecular weight excluding hydrogens is 178 g/mol. The number of pyridine rings is 1. The molecule has 0 unspecified atom stereocenters. The normalized spacial score (nSPS) is 9.00. The standard InChI is InChI=1S/C7H4ClN3O/c8-7(12)5-2-1-4(10)6(3-9)11-5/h1-2H,10H2. The van der Waals surface area contributed by atoms with Crippen molar-refractivity contribution in [2.75, 3.05) is 5.73 Å². The summed E-state index contributed by atoms with van der Waals surface area (Å²) in [4.78, 5) is 14.2. The second kappa shape index (κ2) is 3.20. The van der Waals surface area contributed by atoms with Gasteiger partial charge in [0, 0.05) is 0 Å². The van der Waals surface area contributed by atoms with Gasteiger partial charge in [-0.2, -0.15) is 5.26 Å². The van der Waals surface area contributed by atoms with Crippen molar-refractivity contribution in [3.63, 3.8) is 0 Å². The molecule has 0 saturated carbocycles. The summed E-state index contributed by atoms with van der Waals surface area (Å²) in [5.41, 5.74) is 5.64. The van der Waals surface area contributed by atoms with Gasteiger partial charge in [0.25, 0.3) is 5.24 Å². The largest absolute Gasteiger partial charge is 0.396 e. The summed E-state index contributed by atoms with van der Waals surface area (Å²) < 4.78 is 0. The molecule has 0 radical (unpaired) electrons. The predicted molar refractivity (Wildman–Crippen MR) is 43.5 cm³/mol. The van der Waals surface area contributed by atoms with Crippen molar-refractivity contribution in [1.82, 2.24) is 4.98 Å². The summed E-state index contributed by atoms with van der Waals surface area (Å²) in [6, 6.07) is 4.53. The van der Waals surface area contributed by atoms with E-state index in [0.29, 0.717) is 0 Å². The van der Waals surface area contributed by atoms with Crippen molar-refractivity contribution in [1.29, 1.82) is 5.26 Å². The summed E-state index contributed by atoms with van der Waals surface area (Å²) in [5.74, 6) is 0. The van der Waals surface area contributed by atoms with Crippen LogP contribution in [0.5, 0.6) is 0 Å². The van der Waals surface area contributed by atoms with Gasteiger partial charge < -0.3 is 5.73 Å². The third-order valence-corrected chi connectivity index (χ3v) is 1.43. The second-order valence-electron chi connectivity index (χ2n) is 2.02. The minimum Gasteiger partial charge on any atom is -0.396 e. The number of halogens is 1. The molecule has 0 aliphatic heterocycles. The van der Waals surface area contributed by atoms with E-state index < -0.39 is 5.24 Å². The number of rotatable bonds is 1. The van der Waals surface area contributed by atoms with Crippen LogP contribution < -0.4 is 5.73 Å². The number of hydrogen-bond donors (Lipinski definition) is 1. The van der Waals surface area contributed by atoms with E-state index in [9.17, 15) is 4.79 Å². The summed E-state index contributed by atoms with van der Waals surface area (Å²) in [7, 11) is 0. The first-order chi connectivity index (χ1) is 5.65. The highest BCUT2D eigenvalue weighted by Crippen LogP contribution is 2.09. The van der Waals surface area contributed by atoms with Gasteiger partial charge in [-0.25, -0.2) is 4.98 Å². The van der Waals surface area contributed by atoms with Crippen LogP contribution in [0.15, 0.2) is 12.1 Å². The molecule has 1 heterocycles. The lowest BCUT2D eigenvalue weighted by atomic mass is 10.3. The van der Waals surface area contributed by atoms with Gasteiger partial charge in [0.15, 0.2) is 5.69 Å². The van der Waals surface area contributed by atoms with E-state index in [-0.39, 0.29) is 17.1 Å². The number of carbonyl (C=O) groups excluding carboxylic acids is 1. The minimum absolute atomic E-state index is 0.0153. The Balaban J connectivity index is 3.25. The summed E-state index contributed by atoms with van der Waals surface area (Å²) in [5, 5.41) is 7.78. The Kier molecular flexibility index (Phi) is 2.26. The van der Waals surface area contributed by atoms with Crippen LogP contribution in [0, 0.1) is 11.3 Å². The number of hydrogen-bond acceptors (Lipinski definition) is 4. The maximum absolute atomic E-state index is 10.6. The molecule has 0 fully saturated rings. The molecule has 0 atom stereocenters. The minimum atomic E-state index is -0.702. The molecule has 0 amide bonds. The number of nitriles is 1. The van der Waals surface area contributed by atoms with Gasteiger partial charge in [0.2, 0.25) is 0 Å². The number of aromatic nitrogens is 1. The van der Waals surface area contributed by atoms with E-state index >= 15 is 0 Å². The zero-order valence-electron chi connectivity index (χ0n) is 5.91. The summed E-state index contributed by atoms with van der Waals surface area (Å²) in [6.45, 7) is 0. The molecule has 0 saturated heterocycles. The molecule has 1 aromatic rings. The Morgan fingerprint density at radius 2 is 2.33 bits per heavy atom. The average Bonchev–Trinajstić information content (AvgIpc) is 2.05. The quantitative estimate of drug-likeness (QED) is 0.654. The molecular formula is C7H4ClN3O. The van der Waals surface area contributed by atoms with Crippen LogP contribution in [0.1, 0.15) is 16.2 Å². The van der Waals surface area contributed by atoms with Gasteiger partial charge >= 0.3 is 0 Å². The van der Waals surface area contributed by atoms with Gasteiger partial charge in [-0.1, -0.05) is 0 Å². The summed E-state index contributed by atoms with van der Waals surface area (Å²) >= 11 is 5.13. The van der Waals surface area contributed by atoms with E-state index in [1.54, 1.807) is 6.07 Å². The smallest absolute Gasteiger partial charge is 0.270 e. The van der Waals surface area contributed by atoms with Crippen LogP contribution in [0.4, 0.5) is 5.69 Å². The Morgan fingerprint density at radius 3 is 2.83 bits per heavy atom. The van der Waals surface area contributed by atoms with Crippen molar-refractivity contribution < 1.29 is 4.79 Å². The SMILES string of the molecule is N#Cc1nc(C(=O)Cl)ccc1N. The number of nitrogen functional groups attached to an aromatic ring is 1. The zero-order valence-corrected chi connectivity index (χ0v) is 6.67. The van der Waals surface area contributed by atoms with E-state index in [1.165, 1.54) is 12.1 Å². The highest BCUT2D eigenvalue weighted by molar-refractivity contribution is 6.67. The Bertz CT molecular complexity index is 369. The molecule has 2 N–H and O–H groups in total. The second-order valence-corrected chi connectivity index (χ2v) is 2.36. The highest BCUT2D eigenvalue weighted by atomic mass is 35.5. The third-order valence-electron chi connectivity index (χ3n) is 1.23. The molecule has 1 aromatic heterocycles.